The van der Waals surface area contributed by atoms with E-state index in [4.69, 9.17) is 28.0 Å². The van der Waals surface area contributed by atoms with Crippen LogP contribution in [0, 0.1) is 0 Å². The summed E-state index contributed by atoms with van der Waals surface area (Å²) >= 11 is 0. The fourth-order valence-corrected chi connectivity index (χ4v) is 2.42. The number of aliphatic hydroxyl groups is 1. The number of carboxylic acid groups (broad SMARTS) is 1. The Labute approximate surface area is 184 Å². The van der Waals surface area contributed by atoms with Crippen LogP contribution in [0.2, 0.25) is 0 Å². The van der Waals surface area contributed by atoms with Crippen LogP contribution in [-0.2, 0) is 24.0 Å². The molecule has 0 saturated heterocycles. The van der Waals surface area contributed by atoms with Gasteiger partial charge in [-0.3, -0.25) is 29.0 Å². The van der Waals surface area contributed by atoms with E-state index in [0.717, 1.165) is 0 Å². The summed E-state index contributed by atoms with van der Waals surface area (Å²) in [6.07, 6.45) is -1.30. The van der Waals surface area contributed by atoms with Gasteiger partial charge in [0.25, 0.3) is 0 Å². The Hall–Kier alpha value is -3.46. The Balaban J connectivity index is 5.10. The van der Waals surface area contributed by atoms with Crippen LogP contribution in [0.15, 0.2) is 4.99 Å². The standard InChI is InChI=1S/C17H32N8O7/c1-8(26)13(25-14(30)9(18)3-2-6-22-17(20)21)16(32)24-10(4-5-11(19)27)15(31)23-7-12(28)29/h8-10,13,26H,2-7,18H2,1H3,(H2,19,27)(H,23,31)(H,24,32)(H,25,30)(H,28,29)(H4,20,21,22). The number of hydrogen-bond donors (Lipinski definition) is 9. The minimum absolute atomic E-state index is 0.104. The number of nitrogens with one attached hydrogen (secondary N) is 3. The topological polar surface area (TPSA) is 278 Å². The summed E-state index contributed by atoms with van der Waals surface area (Å²) in [5.41, 5.74) is 21.2. The number of aliphatic hydroxyl groups excluding tert-OH is 1. The molecular weight excluding hydrogens is 428 g/mol. The average molecular weight is 460 g/mol. The molecule has 0 aromatic carbocycles. The van der Waals surface area contributed by atoms with Crippen LogP contribution >= 0.6 is 0 Å². The number of amides is 4. The number of carboxylic acids is 1. The number of nitrogens with zero attached hydrogens (tertiary/aromatic N) is 1. The van der Waals surface area contributed by atoms with Crippen LogP contribution in [0.5, 0.6) is 0 Å². The summed E-state index contributed by atoms with van der Waals surface area (Å²) in [6, 6.07) is -3.84. The van der Waals surface area contributed by atoms with Crippen molar-refractivity contribution >= 4 is 35.6 Å². The zero-order valence-corrected chi connectivity index (χ0v) is 17.7. The van der Waals surface area contributed by atoms with E-state index >= 15 is 0 Å². The second kappa shape index (κ2) is 14.5. The number of guanidine groups is 1. The molecule has 4 amide bonds. The van der Waals surface area contributed by atoms with Gasteiger partial charge in [0.2, 0.25) is 23.6 Å². The van der Waals surface area contributed by atoms with Gasteiger partial charge in [0.1, 0.15) is 18.6 Å². The number of aliphatic carboxylic acids is 1. The monoisotopic (exact) mass is 460 g/mol. The molecule has 0 aromatic rings. The van der Waals surface area contributed by atoms with E-state index in [2.05, 4.69) is 20.9 Å². The van der Waals surface area contributed by atoms with E-state index in [1.807, 2.05) is 0 Å². The van der Waals surface area contributed by atoms with Gasteiger partial charge in [0.15, 0.2) is 5.96 Å². The van der Waals surface area contributed by atoms with Gasteiger partial charge in [-0.25, -0.2) is 0 Å². The Bertz CT molecular complexity index is 709. The van der Waals surface area contributed by atoms with Crippen molar-refractivity contribution < 1.29 is 34.2 Å². The molecule has 0 fully saturated rings. The van der Waals surface area contributed by atoms with Crippen molar-refractivity contribution in [3.8, 4) is 0 Å². The van der Waals surface area contributed by atoms with Crippen LogP contribution in [0.1, 0.15) is 32.6 Å². The van der Waals surface area contributed by atoms with E-state index in [1.165, 1.54) is 6.92 Å². The van der Waals surface area contributed by atoms with Gasteiger partial charge in [-0.15, -0.1) is 0 Å². The molecule has 0 radical (unpaired) electrons. The van der Waals surface area contributed by atoms with Crippen LogP contribution in [0.25, 0.3) is 0 Å². The van der Waals surface area contributed by atoms with Crippen LogP contribution < -0.4 is 38.9 Å². The summed E-state index contributed by atoms with van der Waals surface area (Å²) in [7, 11) is 0. The lowest BCUT2D eigenvalue weighted by atomic mass is 10.1. The smallest absolute Gasteiger partial charge is 0.322 e. The molecule has 15 heteroatoms. The molecular formula is C17H32N8O7. The number of nitrogens with two attached hydrogens (primary N) is 4. The largest absolute Gasteiger partial charge is 0.480 e. The third-order valence-corrected chi connectivity index (χ3v) is 4.09. The Morgan fingerprint density at radius 1 is 0.969 bits per heavy atom. The lowest BCUT2D eigenvalue weighted by Crippen LogP contribution is -2.59. The highest BCUT2D eigenvalue weighted by Crippen LogP contribution is 2.03. The van der Waals surface area contributed by atoms with E-state index in [1.54, 1.807) is 0 Å². The highest BCUT2D eigenvalue weighted by Gasteiger charge is 2.31. The SMILES string of the molecule is CC(O)C(NC(=O)C(N)CCCN=C(N)N)C(=O)NC(CCC(N)=O)C(=O)NCC(=O)O. The third kappa shape index (κ3) is 12.3. The number of rotatable bonds is 15. The Morgan fingerprint density at radius 3 is 2.09 bits per heavy atom. The second-order valence-corrected chi connectivity index (χ2v) is 6.96. The van der Waals surface area contributed by atoms with Crippen LogP contribution in [0.3, 0.4) is 0 Å². The van der Waals surface area contributed by atoms with Crippen molar-refractivity contribution in [1.82, 2.24) is 16.0 Å². The lowest BCUT2D eigenvalue weighted by molar-refractivity contribution is -0.139. The summed E-state index contributed by atoms with van der Waals surface area (Å²) < 4.78 is 0. The summed E-state index contributed by atoms with van der Waals surface area (Å²) in [6.45, 7) is 0.765. The normalized spacial score (nSPS) is 14.2. The molecule has 0 aliphatic rings. The summed E-state index contributed by atoms with van der Waals surface area (Å²) in [4.78, 5) is 62.5. The first-order chi connectivity index (χ1) is 14.8. The first-order valence-corrected chi connectivity index (χ1v) is 9.72. The van der Waals surface area contributed by atoms with Crippen molar-refractivity contribution in [3.63, 3.8) is 0 Å². The van der Waals surface area contributed by atoms with E-state index < -0.39 is 60.4 Å². The van der Waals surface area contributed by atoms with Gasteiger partial charge in [0, 0.05) is 13.0 Å². The Kier molecular flexibility index (Phi) is 13.0. The molecule has 182 valence electrons. The molecule has 0 rings (SSSR count). The predicted molar refractivity (Wildman–Crippen MR) is 113 cm³/mol. The molecule has 0 heterocycles. The molecule has 32 heavy (non-hydrogen) atoms. The highest BCUT2D eigenvalue weighted by molar-refractivity contribution is 5.94. The summed E-state index contributed by atoms with van der Waals surface area (Å²) in [5, 5.41) is 25.2. The van der Waals surface area contributed by atoms with Gasteiger partial charge in [0.05, 0.1) is 12.1 Å². The molecule has 0 saturated carbocycles. The molecule has 4 unspecified atom stereocenters. The molecule has 0 aromatic heterocycles. The molecule has 0 spiro atoms. The number of hydrogen-bond acceptors (Lipinski definition) is 8. The minimum Gasteiger partial charge on any atom is -0.480 e. The summed E-state index contributed by atoms with van der Waals surface area (Å²) in [5.74, 6) is -4.73. The first-order valence-electron chi connectivity index (χ1n) is 9.72. The average Bonchev–Trinajstić information content (AvgIpc) is 2.69. The second-order valence-electron chi connectivity index (χ2n) is 6.96. The number of carbonyl (C=O) groups excluding carboxylic acids is 4. The third-order valence-electron chi connectivity index (χ3n) is 4.09. The van der Waals surface area contributed by atoms with Crippen molar-refractivity contribution in [2.75, 3.05) is 13.1 Å². The molecule has 13 N–H and O–H groups in total. The molecule has 4 atom stereocenters. The maximum atomic E-state index is 12.6. The van der Waals surface area contributed by atoms with E-state index in [-0.39, 0.29) is 31.8 Å². The number of carbonyl (C=O) groups is 5. The molecule has 15 nitrogen and oxygen atoms in total. The lowest BCUT2D eigenvalue weighted by Gasteiger charge is -2.25. The van der Waals surface area contributed by atoms with Gasteiger partial charge >= 0.3 is 5.97 Å². The van der Waals surface area contributed by atoms with E-state index in [9.17, 15) is 29.1 Å². The Morgan fingerprint density at radius 2 is 1.59 bits per heavy atom. The van der Waals surface area contributed by atoms with Gasteiger partial charge in [-0.05, 0) is 26.2 Å². The maximum absolute atomic E-state index is 12.6. The van der Waals surface area contributed by atoms with Gasteiger partial charge < -0.3 is 49.1 Å². The van der Waals surface area contributed by atoms with Gasteiger partial charge in [-0.1, -0.05) is 0 Å². The number of aliphatic imine (C=N–C) groups is 1. The molecule has 0 bridgehead atoms. The molecule has 0 aliphatic heterocycles. The maximum Gasteiger partial charge on any atom is 0.322 e. The first kappa shape index (κ1) is 28.5. The zero-order valence-electron chi connectivity index (χ0n) is 17.7. The number of primary amides is 1. The fourth-order valence-electron chi connectivity index (χ4n) is 2.42. The molecule has 0 aliphatic carbocycles. The van der Waals surface area contributed by atoms with Crippen molar-refractivity contribution in [2.45, 2.75) is 56.8 Å². The van der Waals surface area contributed by atoms with Crippen molar-refractivity contribution in [1.29, 1.82) is 0 Å². The fraction of sp³-hybridized carbons (Fsp3) is 0.647. The van der Waals surface area contributed by atoms with Crippen LogP contribution in [0.4, 0.5) is 0 Å². The quantitative estimate of drug-likeness (QED) is 0.0638. The van der Waals surface area contributed by atoms with Gasteiger partial charge in [-0.2, -0.15) is 0 Å². The van der Waals surface area contributed by atoms with Crippen molar-refractivity contribution in [3.05, 3.63) is 0 Å². The van der Waals surface area contributed by atoms with E-state index in [0.29, 0.717) is 6.42 Å². The highest BCUT2D eigenvalue weighted by atomic mass is 16.4. The minimum atomic E-state index is -1.48. The predicted octanol–water partition coefficient (Wildman–Crippen LogP) is -4.82. The van der Waals surface area contributed by atoms with Crippen molar-refractivity contribution in [2.24, 2.45) is 27.9 Å². The van der Waals surface area contributed by atoms with Crippen LogP contribution in [-0.4, -0.2) is 83.1 Å². The zero-order chi connectivity index (χ0) is 24.8.